The highest BCUT2D eigenvalue weighted by molar-refractivity contribution is 5.87. The van der Waals surface area contributed by atoms with E-state index in [1.165, 1.54) is 11.6 Å². The number of nitrogens with zero attached hydrogens (tertiary/aromatic N) is 1. The van der Waals surface area contributed by atoms with Gasteiger partial charge in [0.05, 0.1) is 6.10 Å². The number of piperidine rings is 1. The average Bonchev–Trinajstić information content (AvgIpc) is 2.57. The van der Waals surface area contributed by atoms with Crippen LogP contribution in [0.15, 0.2) is 48.6 Å². The Labute approximate surface area is 138 Å². The number of hydrogen-bond donors (Lipinski definition) is 2. The minimum absolute atomic E-state index is 0.0842. The summed E-state index contributed by atoms with van der Waals surface area (Å²) < 4.78 is 0. The van der Waals surface area contributed by atoms with E-state index in [2.05, 4.69) is 34.5 Å². The van der Waals surface area contributed by atoms with E-state index in [4.69, 9.17) is 0 Å². The summed E-state index contributed by atoms with van der Waals surface area (Å²) in [4.78, 5) is 14.0. The number of carbonyl (C=O) groups excluding carboxylic acids is 1. The zero-order valence-corrected chi connectivity index (χ0v) is 13.7. The fourth-order valence-corrected chi connectivity index (χ4v) is 2.60. The molecule has 0 atom stereocenters. The molecule has 2 rings (SSSR count). The quantitative estimate of drug-likeness (QED) is 0.626. The second kappa shape index (κ2) is 9.28. The molecule has 23 heavy (non-hydrogen) atoms. The summed E-state index contributed by atoms with van der Waals surface area (Å²) in [5, 5.41) is 12.4. The smallest absolute Gasteiger partial charge is 0.244 e. The molecule has 1 heterocycles. The molecular weight excluding hydrogens is 288 g/mol. The largest absolute Gasteiger partial charge is 0.393 e. The van der Waals surface area contributed by atoms with Gasteiger partial charge in [0.15, 0.2) is 0 Å². The van der Waals surface area contributed by atoms with Gasteiger partial charge in [0.25, 0.3) is 0 Å². The van der Waals surface area contributed by atoms with Crippen LogP contribution in [0.25, 0.3) is 0 Å². The lowest BCUT2D eigenvalue weighted by Crippen LogP contribution is -2.35. The number of aliphatic hydroxyl groups excluding tert-OH is 1. The zero-order valence-electron chi connectivity index (χ0n) is 13.7. The predicted molar refractivity (Wildman–Crippen MR) is 92.8 cm³/mol. The minimum atomic E-state index is -0.126. The molecule has 0 saturated carbocycles. The summed E-state index contributed by atoms with van der Waals surface area (Å²) in [6.45, 7) is 5.28. The van der Waals surface area contributed by atoms with E-state index < -0.39 is 0 Å². The van der Waals surface area contributed by atoms with Gasteiger partial charge in [-0.3, -0.25) is 9.69 Å². The molecule has 4 heteroatoms. The Kier molecular flexibility index (Phi) is 7.04. The van der Waals surface area contributed by atoms with Crippen LogP contribution in [0.5, 0.6) is 0 Å². The highest BCUT2D eigenvalue weighted by Crippen LogP contribution is 2.14. The van der Waals surface area contributed by atoms with Gasteiger partial charge >= 0.3 is 0 Å². The number of nitrogens with one attached hydrogen (secondary N) is 1. The number of aliphatic hydroxyl groups is 1. The van der Waals surface area contributed by atoms with Gasteiger partial charge in [-0.15, -0.1) is 0 Å². The van der Waals surface area contributed by atoms with Crippen LogP contribution in [0, 0.1) is 0 Å². The van der Waals surface area contributed by atoms with Gasteiger partial charge in [0.2, 0.25) is 5.91 Å². The van der Waals surface area contributed by atoms with E-state index in [1.807, 2.05) is 19.1 Å². The Bertz CT molecular complexity index is 541. The molecular formula is C19H26N2O2. The fourth-order valence-electron chi connectivity index (χ4n) is 2.60. The highest BCUT2D eigenvalue weighted by Gasteiger charge is 2.16. The molecule has 0 aliphatic carbocycles. The molecule has 1 aromatic carbocycles. The topological polar surface area (TPSA) is 52.6 Å². The summed E-state index contributed by atoms with van der Waals surface area (Å²) in [5.41, 5.74) is 2.36. The third-order valence-corrected chi connectivity index (χ3v) is 4.00. The zero-order chi connectivity index (χ0) is 16.5. The predicted octanol–water partition coefficient (Wildman–Crippen LogP) is 2.39. The molecule has 4 nitrogen and oxygen atoms in total. The van der Waals surface area contributed by atoms with E-state index >= 15 is 0 Å². The summed E-state index contributed by atoms with van der Waals surface area (Å²) in [6, 6.07) is 8.35. The monoisotopic (exact) mass is 314 g/mol. The van der Waals surface area contributed by atoms with Crippen molar-refractivity contribution in [3.05, 3.63) is 59.7 Å². The minimum Gasteiger partial charge on any atom is -0.393 e. The van der Waals surface area contributed by atoms with E-state index in [-0.39, 0.29) is 12.0 Å². The number of allylic oxidation sites excluding steroid dienone is 3. The molecule has 1 aromatic rings. The standard InChI is InChI=1S/C19H26N2O2/c1-2-3-4-5-19(23)20-14-16-6-8-17(9-7-16)15-21-12-10-18(22)11-13-21/h2-9,18,22H,10-15H2,1H3,(H,20,23)/b3-2+,5-4+. The highest BCUT2D eigenvalue weighted by atomic mass is 16.3. The summed E-state index contributed by atoms with van der Waals surface area (Å²) >= 11 is 0. The van der Waals surface area contributed by atoms with Crippen LogP contribution in [0.1, 0.15) is 30.9 Å². The van der Waals surface area contributed by atoms with Gasteiger partial charge < -0.3 is 10.4 Å². The number of hydrogen-bond acceptors (Lipinski definition) is 3. The first-order chi connectivity index (χ1) is 11.2. The van der Waals surface area contributed by atoms with Gasteiger partial charge in [-0.05, 0) is 30.9 Å². The van der Waals surface area contributed by atoms with Crippen LogP contribution in [0.3, 0.4) is 0 Å². The molecule has 0 aromatic heterocycles. The SMILES string of the molecule is C/C=C/C=C/C(=O)NCc1ccc(CN2CCC(O)CC2)cc1. The van der Waals surface area contributed by atoms with Gasteiger partial charge in [-0.2, -0.15) is 0 Å². The van der Waals surface area contributed by atoms with Crippen LogP contribution in [-0.4, -0.2) is 35.1 Å². The Hall–Kier alpha value is -1.91. The van der Waals surface area contributed by atoms with Crippen LogP contribution >= 0.6 is 0 Å². The molecule has 0 unspecified atom stereocenters. The molecule has 0 radical (unpaired) electrons. The first-order valence-electron chi connectivity index (χ1n) is 8.23. The molecule has 1 amide bonds. The van der Waals surface area contributed by atoms with Crippen LogP contribution in [0.2, 0.25) is 0 Å². The van der Waals surface area contributed by atoms with Gasteiger partial charge in [0.1, 0.15) is 0 Å². The van der Waals surface area contributed by atoms with Crippen molar-refractivity contribution in [1.29, 1.82) is 0 Å². The second-order valence-corrected chi connectivity index (χ2v) is 5.93. The van der Waals surface area contributed by atoms with Crippen molar-refractivity contribution in [2.24, 2.45) is 0 Å². The normalized spacial score (nSPS) is 17.1. The lowest BCUT2D eigenvalue weighted by molar-refractivity contribution is -0.116. The summed E-state index contributed by atoms with van der Waals surface area (Å²) in [5.74, 6) is -0.0842. The maximum atomic E-state index is 11.6. The molecule has 1 aliphatic rings. The van der Waals surface area contributed by atoms with Crippen molar-refractivity contribution in [3.8, 4) is 0 Å². The van der Waals surface area contributed by atoms with Crippen LogP contribution < -0.4 is 5.32 Å². The maximum absolute atomic E-state index is 11.6. The molecule has 0 bridgehead atoms. The molecule has 2 N–H and O–H groups in total. The van der Waals surface area contributed by atoms with Crippen molar-refractivity contribution in [2.45, 2.75) is 39.0 Å². The first-order valence-corrected chi connectivity index (χ1v) is 8.23. The maximum Gasteiger partial charge on any atom is 0.244 e. The second-order valence-electron chi connectivity index (χ2n) is 5.93. The average molecular weight is 314 g/mol. The molecule has 0 spiro atoms. The van der Waals surface area contributed by atoms with Gasteiger partial charge in [0, 0.05) is 32.3 Å². The number of likely N-dealkylation sites (tertiary alicyclic amines) is 1. The lowest BCUT2D eigenvalue weighted by atomic mass is 10.1. The Morgan fingerprint density at radius 2 is 1.87 bits per heavy atom. The first kappa shape index (κ1) is 17.4. The van der Waals surface area contributed by atoms with Crippen molar-refractivity contribution in [2.75, 3.05) is 13.1 Å². The van der Waals surface area contributed by atoms with Crippen LogP contribution in [-0.2, 0) is 17.9 Å². The van der Waals surface area contributed by atoms with E-state index in [9.17, 15) is 9.90 Å². The van der Waals surface area contributed by atoms with E-state index in [1.54, 1.807) is 6.08 Å². The molecule has 124 valence electrons. The number of carbonyl (C=O) groups is 1. The number of amides is 1. The molecule has 1 saturated heterocycles. The Morgan fingerprint density at radius 3 is 2.52 bits per heavy atom. The van der Waals surface area contributed by atoms with Crippen molar-refractivity contribution >= 4 is 5.91 Å². The Morgan fingerprint density at radius 1 is 1.22 bits per heavy atom. The Balaban J connectivity index is 1.77. The molecule has 1 fully saturated rings. The van der Waals surface area contributed by atoms with Crippen molar-refractivity contribution < 1.29 is 9.90 Å². The lowest BCUT2D eigenvalue weighted by Gasteiger charge is -2.29. The third kappa shape index (κ3) is 6.38. The van der Waals surface area contributed by atoms with Gasteiger partial charge in [-0.1, -0.05) is 42.5 Å². The number of rotatable bonds is 6. The fraction of sp³-hybridized carbons (Fsp3) is 0.421. The summed E-state index contributed by atoms with van der Waals surface area (Å²) in [6.07, 6.45) is 8.57. The summed E-state index contributed by atoms with van der Waals surface area (Å²) in [7, 11) is 0. The van der Waals surface area contributed by atoms with Crippen molar-refractivity contribution in [1.82, 2.24) is 10.2 Å². The van der Waals surface area contributed by atoms with Crippen molar-refractivity contribution in [3.63, 3.8) is 0 Å². The molecule has 1 aliphatic heterocycles. The van der Waals surface area contributed by atoms with Crippen LogP contribution in [0.4, 0.5) is 0 Å². The van der Waals surface area contributed by atoms with Gasteiger partial charge in [-0.25, -0.2) is 0 Å². The number of benzene rings is 1. The van der Waals surface area contributed by atoms with E-state index in [0.29, 0.717) is 6.54 Å². The van der Waals surface area contributed by atoms with E-state index in [0.717, 1.165) is 38.0 Å². The third-order valence-electron chi connectivity index (χ3n) is 4.00.